The summed E-state index contributed by atoms with van der Waals surface area (Å²) in [6.07, 6.45) is 5.12. The summed E-state index contributed by atoms with van der Waals surface area (Å²) in [5, 5.41) is 8.47. The second-order valence-corrected chi connectivity index (χ2v) is 12.5. The van der Waals surface area contributed by atoms with Gasteiger partial charge in [0.05, 0.1) is 36.8 Å². The molecule has 2 aliphatic rings. The summed E-state index contributed by atoms with van der Waals surface area (Å²) in [6, 6.07) is 25.1. The molecule has 0 radical (unpaired) electrons. The van der Waals surface area contributed by atoms with E-state index in [1.165, 1.54) is 13.5 Å². The number of likely N-dealkylation sites (tertiary alicyclic amines) is 1. The molecule has 11 heteroatoms. The Bertz CT molecular complexity index is 2120. The molecule has 4 N–H and O–H groups in total. The van der Waals surface area contributed by atoms with Crippen molar-refractivity contribution < 1.29 is 14.3 Å². The highest BCUT2D eigenvalue weighted by Crippen LogP contribution is 2.35. The van der Waals surface area contributed by atoms with E-state index in [-0.39, 0.29) is 11.9 Å². The van der Waals surface area contributed by atoms with Gasteiger partial charge in [-0.3, -0.25) is 4.79 Å². The molecule has 242 valence electrons. The van der Waals surface area contributed by atoms with Crippen LogP contribution < -0.4 is 10.6 Å². The molecule has 2 fully saturated rings. The fraction of sp³-hybridized carbons (Fsp3) is 0.270. The normalized spacial score (nSPS) is 18.4. The largest absolute Gasteiger partial charge is 0.453 e. The average Bonchev–Trinajstić information content (AvgIpc) is 3.96. The number of nitrogens with zero attached hydrogens (tertiary/aromatic N) is 4. The number of pyridine rings is 1. The number of rotatable bonds is 7. The molecule has 3 atom stereocenters. The first kappa shape index (κ1) is 29.8. The van der Waals surface area contributed by atoms with Crippen LogP contribution in [-0.4, -0.2) is 62.0 Å². The van der Waals surface area contributed by atoms with Gasteiger partial charge in [-0.15, -0.1) is 0 Å². The van der Waals surface area contributed by atoms with Gasteiger partial charge in [-0.05, 0) is 72.8 Å². The third-order valence-corrected chi connectivity index (χ3v) is 9.47. The van der Waals surface area contributed by atoms with Crippen molar-refractivity contribution in [2.75, 3.05) is 20.2 Å². The second kappa shape index (κ2) is 12.6. The Balaban J connectivity index is 1.03. The van der Waals surface area contributed by atoms with Crippen LogP contribution in [0.1, 0.15) is 61.0 Å². The number of imidazole rings is 2. The topological polar surface area (TPSA) is 141 Å². The summed E-state index contributed by atoms with van der Waals surface area (Å²) in [5.74, 6) is 1.48. The van der Waals surface area contributed by atoms with E-state index in [1.807, 2.05) is 48.7 Å². The molecule has 5 heterocycles. The van der Waals surface area contributed by atoms with E-state index in [0.717, 1.165) is 70.4 Å². The summed E-state index contributed by atoms with van der Waals surface area (Å²) in [6.45, 7) is 1.60. The highest BCUT2D eigenvalue weighted by molar-refractivity contribution is 5.91. The van der Waals surface area contributed by atoms with E-state index in [0.29, 0.717) is 29.6 Å². The van der Waals surface area contributed by atoms with E-state index < -0.39 is 12.1 Å². The van der Waals surface area contributed by atoms with Crippen LogP contribution in [0.15, 0.2) is 85.1 Å². The van der Waals surface area contributed by atoms with Crippen molar-refractivity contribution >= 4 is 33.9 Å². The summed E-state index contributed by atoms with van der Waals surface area (Å²) >= 11 is 0. The number of methoxy groups -OCH3 is 1. The van der Waals surface area contributed by atoms with Gasteiger partial charge in [0.2, 0.25) is 0 Å². The van der Waals surface area contributed by atoms with Crippen molar-refractivity contribution in [2.24, 2.45) is 0 Å². The van der Waals surface area contributed by atoms with Crippen molar-refractivity contribution in [2.45, 2.75) is 43.8 Å². The SMILES string of the molecule is COC(=O)N[C@@H](C(=O)N1CCC[C@H]1c1nc2ccc(-c3ccc4cc(-c5cnc([C@@H]6CCCN6)[nH]5)ccc4c3)nc2[nH]1)c1ccccc1. The zero-order valence-electron chi connectivity index (χ0n) is 26.6. The van der Waals surface area contributed by atoms with E-state index in [1.54, 1.807) is 4.90 Å². The van der Waals surface area contributed by atoms with Crippen molar-refractivity contribution in [1.82, 2.24) is 40.5 Å². The number of hydrogen-bond acceptors (Lipinski definition) is 7. The first-order valence-electron chi connectivity index (χ1n) is 16.4. The van der Waals surface area contributed by atoms with Gasteiger partial charge in [0, 0.05) is 17.7 Å². The molecule has 0 spiro atoms. The maximum Gasteiger partial charge on any atom is 0.407 e. The number of benzene rings is 3. The lowest BCUT2D eigenvalue weighted by atomic mass is 10.0. The standard InChI is InChI=1S/C37H36N8O3/c1-48-37(47)43-32(22-7-3-2-4-8-22)36(46)45-18-6-10-31(45)35-41-29-16-15-27(40-34(29)44-35)25-13-11-24-20-26(14-12-23(24)19-25)30-21-39-33(42-30)28-9-5-17-38-28/h2-4,7-8,11-16,19-21,28,31-32,38H,5-6,9-10,17-18H2,1H3,(H,39,42)(H,43,47)(H,40,41,44)/t28-,31-,32+/m0/s1. The van der Waals surface area contributed by atoms with Crippen molar-refractivity contribution in [3.8, 4) is 22.5 Å². The molecular formula is C37H36N8O3. The number of carbonyl (C=O) groups excluding carboxylic acids is 2. The summed E-state index contributed by atoms with van der Waals surface area (Å²) in [5.41, 5.74) is 6.04. The van der Waals surface area contributed by atoms with Gasteiger partial charge < -0.3 is 30.2 Å². The van der Waals surface area contributed by atoms with E-state index in [4.69, 9.17) is 14.7 Å². The van der Waals surface area contributed by atoms with E-state index in [9.17, 15) is 9.59 Å². The van der Waals surface area contributed by atoms with Gasteiger partial charge in [-0.1, -0.05) is 54.6 Å². The molecule has 11 nitrogen and oxygen atoms in total. The molecule has 2 amide bonds. The smallest absolute Gasteiger partial charge is 0.407 e. The zero-order chi connectivity index (χ0) is 32.6. The molecule has 2 saturated heterocycles. The van der Waals surface area contributed by atoms with Gasteiger partial charge in [0.1, 0.15) is 23.2 Å². The second-order valence-electron chi connectivity index (χ2n) is 12.5. The molecule has 3 aromatic heterocycles. The van der Waals surface area contributed by atoms with Crippen molar-refractivity contribution in [3.05, 3.63) is 102 Å². The van der Waals surface area contributed by atoms with Crippen molar-refractivity contribution in [1.29, 1.82) is 0 Å². The quantitative estimate of drug-likeness (QED) is 0.159. The minimum Gasteiger partial charge on any atom is -0.453 e. The number of aromatic amines is 2. The van der Waals surface area contributed by atoms with Crippen LogP contribution in [0.25, 0.3) is 44.5 Å². The van der Waals surface area contributed by atoms with Gasteiger partial charge in [-0.25, -0.2) is 19.7 Å². The Morgan fingerprint density at radius 2 is 1.71 bits per heavy atom. The molecule has 3 aromatic carbocycles. The number of ether oxygens (including phenoxy) is 1. The number of aromatic nitrogens is 5. The molecule has 0 bridgehead atoms. The molecule has 8 rings (SSSR count). The predicted octanol–water partition coefficient (Wildman–Crippen LogP) is 6.35. The van der Waals surface area contributed by atoms with Gasteiger partial charge in [-0.2, -0.15) is 0 Å². The fourth-order valence-corrected chi connectivity index (χ4v) is 6.97. The Labute approximate surface area is 277 Å². The van der Waals surface area contributed by atoms with Gasteiger partial charge in [0.25, 0.3) is 5.91 Å². The van der Waals surface area contributed by atoms with Crippen LogP contribution in [0, 0.1) is 0 Å². The number of carbonyl (C=O) groups is 2. The minimum absolute atomic E-state index is 0.207. The Morgan fingerprint density at radius 1 is 0.896 bits per heavy atom. The third-order valence-electron chi connectivity index (χ3n) is 9.47. The summed E-state index contributed by atoms with van der Waals surface area (Å²) in [4.78, 5) is 49.2. The number of fused-ring (bicyclic) bond motifs is 2. The number of H-pyrrole nitrogens is 2. The molecule has 48 heavy (non-hydrogen) atoms. The monoisotopic (exact) mass is 640 g/mol. The maximum atomic E-state index is 13.9. The van der Waals surface area contributed by atoms with Crippen LogP contribution in [0.2, 0.25) is 0 Å². The molecule has 6 aromatic rings. The summed E-state index contributed by atoms with van der Waals surface area (Å²) < 4.78 is 4.82. The molecule has 0 unspecified atom stereocenters. The lowest BCUT2D eigenvalue weighted by Gasteiger charge is -2.28. The van der Waals surface area contributed by atoms with Gasteiger partial charge >= 0.3 is 6.09 Å². The first-order valence-corrected chi connectivity index (χ1v) is 16.4. The summed E-state index contributed by atoms with van der Waals surface area (Å²) in [7, 11) is 1.29. The van der Waals surface area contributed by atoms with Gasteiger partial charge in [0.15, 0.2) is 5.65 Å². The van der Waals surface area contributed by atoms with Crippen LogP contribution in [0.5, 0.6) is 0 Å². The molecular weight excluding hydrogens is 604 g/mol. The highest BCUT2D eigenvalue weighted by atomic mass is 16.5. The maximum absolute atomic E-state index is 13.9. The first-order chi connectivity index (χ1) is 23.5. The lowest BCUT2D eigenvalue weighted by molar-refractivity contribution is -0.134. The Hall–Kier alpha value is -5.55. The molecule has 0 saturated carbocycles. The van der Waals surface area contributed by atoms with Crippen LogP contribution in [0.4, 0.5) is 4.79 Å². The lowest BCUT2D eigenvalue weighted by Crippen LogP contribution is -2.42. The number of nitrogens with one attached hydrogen (secondary N) is 4. The van der Waals surface area contributed by atoms with Crippen LogP contribution in [-0.2, 0) is 9.53 Å². The number of amides is 2. The highest BCUT2D eigenvalue weighted by Gasteiger charge is 2.37. The third kappa shape index (κ3) is 5.66. The number of hydrogen-bond donors (Lipinski definition) is 4. The molecule has 2 aliphatic heterocycles. The van der Waals surface area contributed by atoms with E-state index >= 15 is 0 Å². The average molecular weight is 641 g/mol. The fourth-order valence-electron chi connectivity index (χ4n) is 6.97. The van der Waals surface area contributed by atoms with Crippen molar-refractivity contribution in [3.63, 3.8) is 0 Å². The minimum atomic E-state index is -0.872. The van der Waals surface area contributed by atoms with E-state index in [2.05, 4.69) is 62.0 Å². The number of alkyl carbamates (subject to hydrolysis) is 1. The predicted molar refractivity (Wildman–Crippen MR) is 183 cm³/mol. The zero-order valence-corrected chi connectivity index (χ0v) is 26.6. The van der Waals surface area contributed by atoms with Crippen LogP contribution in [0.3, 0.4) is 0 Å². The Morgan fingerprint density at radius 3 is 2.50 bits per heavy atom. The van der Waals surface area contributed by atoms with Crippen LogP contribution >= 0.6 is 0 Å². The molecule has 0 aliphatic carbocycles. The Kier molecular flexibility index (Phi) is 7.81.